The first-order valence-electron chi connectivity index (χ1n) is 18.5. The summed E-state index contributed by atoms with van der Waals surface area (Å²) < 4.78 is 3.63. The molecule has 5 nitrogen and oxygen atoms in total. The lowest BCUT2D eigenvalue weighted by atomic mass is 9.82. The Morgan fingerprint density at radius 1 is 0.491 bits per heavy atom. The summed E-state index contributed by atoms with van der Waals surface area (Å²) in [6.07, 6.45) is 0. The third-order valence-corrected chi connectivity index (χ3v) is 12.1. The third-order valence-electron chi connectivity index (χ3n) is 11.2. The minimum absolute atomic E-state index is 0.0686. The van der Waals surface area contributed by atoms with Crippen molar-refractivity contribution in [3.63, 3.8) is 0 Å². The number of hydrogen-bond donors (Lipinski definition) is 0. The molecule has 3 aromatic heterocycles. The summed E-state index contributed by atoms with van der Waals surface area (Å²) in [5, 5.41) is 2.42. The minimum atomic E-state index is -0.0686. The van der Waals surface area contributed by atoms with Crippen LogP contribution in [0.4, 0.5) is 0 Å². The van der Waals surface area contributed by atoms with Crippen LogP contribution in [0.1, 0.15) is 25.0 Å². The Morgan fingerprint density at radius 3 is 1.87 bits per heavy atom. The van der Waals surface area contributed by atoms with Gasteiger partial charge in [-0.2, -0.15) is 0 Å². The Balaban J connectivity index is 1.05. The van der Waals surface area contributed by atoms with E-state index in [0.717, 1.165) is 38.9 Å². The van der Waals surface area contributed by atoms with Crippen molar-refractivity contribution < 1.29 is 0 Å². The molecule has 3 heterocycles. The predicted octanol–water partition coefficient (Wildman–Crippen LogP) is 12.6. The molecule has 11 rings (SSSR count). The second-order valence-corrected chi connectivity index (χ2v) is 15.6. The van der Waals surface area contributed by atoms with Crippen molar-refractivity contribution in [1.82, 2.24) is 24.5 Å². The van der Waals surface area contributed by atoms with Crippen molar-refractivity contribution in [2.24, 2.45) is 0 Å². The van der Waals surface area contributed by atoms with Crippen LogP contribution in [-0.2, 0) is 5.41 Å². The summed E-state index contributed by atoms with van der Waals surface area (Å²) in [5.41, 5.74) is 16.9. The van der Waals surface area contributed by atoms with Crippen molar-refractivity contribution in [2.75, 3.05) is 0 Å². The van der Waals surface area contributed by atoms with Crippen molar-refractivity contribution in [1.29, 1.82) is 0 Å². The topological polar surface area (TPSA) is 56.5 Å². The van der Waals surface area contributed by atoms with Gasteiger partial charge in [0.25, 0.3) is 0 Å². The number of fused-ring (bicyclic) bond motifs is 8. The van der Waals surface area contributed by atoms with E-state index in [4.69, 9.17) is 15.0 Å². The number of aromatic nitrogens is 5. The van der Waals surface area contributed by atoms with Crippen LogP contribution in [-0.4, -0.2) is 24.5 Å². The van der Waals surface area contributed by atoms with Gasteiger partial charge in [-0.3, -0.25) is 0 Å². The zero-order valence-electron chi connectivity index (χ0n) is 30.2. The highest BCUT2D eigenvalue weighted by molar-refractivity contribution is 7.17. The van der Waals surface area contributed by atoms with Crippen LogP contribution >= 0.6 is 11.3 Å². The summed E-state index contributed by atoms with van der Waals surface area (Å²) in [5.74, 6) is 1.93. The van der Waals surface area contributed by atoms with Crippen LogP contribution in [0.5, 0.6) is 0 Å². The maximum atomic E-state index is 5.02. The average Bonchev–Trinajstić information content (AvgIpc) is 3.92. The highest BCUT2D eigenvalue weighted by Gasteiger charge is 2.37. The zero-order chi connectivity index (χ0) is 36.7. The second-order valence-electron chi connectivity index (χ2n) is 14.7. The fourth-order valence-corrected chi connectivity index (χ4v) is 9.34. The Hall–Kier alpha value is -6.76. The third kappa shape index (κ3) is 4.99. The van der Waals surface area contributed by atoms with Crippen molar-refractivity contribution in [2.45, 2.75) is 19.3 Å². The van der Waals surface area contributed by atoms with Crippen molar-refractivity contribution >= 4 is 43.4 Å². The van der Waals surface area contributed by atoms with E-state index in [-0.39, 0.29) is 5.41 Å². The first-order chi connectivity index (χ1) is 27.0. The van der Waals surface area contributed by atoms with Crippen LogP contribution in [0.2, 0.25) is 0 Å². The van der Waals surface area contributed by atoms with Gasteiger partial charge in [0.2, 0.25) is 0 Å². The molecule has 0 spiro atoms. The van der Waals surface area contributed by atoms with Gasteiger partial charge in [0.15, 0.2) is 17.5 Å². The maximum Gasteiger partial charge on any atom is 0.164 e. The first-order valence-corrected chi connectivity index (χ1v) is 19.4. The molecule has 1 aliphatic carbocycles. The van der Waals surface area contributed by atoms with E-state index < -0.39 is 0 Å². The van der Waals surface area contributed by atoms with Gasteiger partial charge >= 0.3 is 0 Å². The molecule has 0 aliphatic heterocycles. The lowest BCUT2D eigenvalue weighted by molar-refractivity contribution is 0.661. The molecule has 260 valence electrons. The van der Waals surface area contributed by atoms with Crippen molar-refractivity contribution in [3.05, 3.63) is 174 Å². The van der Waals surface area contributed by atoms with E-state index in [0.29, 0.717) is 17.5 Å². The fraction of sp³-hybridized carbons (Fsp3) is 0.0612. The number of hydrogen-bond acceptors (Lipinski definition) is 5. The SMILES string of the molecule is CC1(C)c2ccc(-c3ccc4c(c3)c3ccccc3n4-c3cccc(-c4nc(-c5ccccc5)nc(-c5ccccc5)n4)c3)cc2-c2c1ccc1ncsc21. The summed E-state index contributed by atoms with van der Waals surface area (Å²) in [7, 11) is 0. The Bertz CT molecular complexity index is 3070. The lowest BCUT2D eigenvalue weighted by Gasteiger charge is -2.21. The molecule has 1 aliphatic rings. The van der Waals surface area contributed by atoms with Gasteiger partial charge in [-0.25, -0.2) is 19.9 Å². The van der Waals surface area contributed by atoms with Gasteiger partial charge in [-0.1, -0.05) is 129 Å². The Labute approximate surface area is 322 Å². The summed E-state index contributed by atoms with van der Waals surface area (Å²) >= 11 is 1.74. The normalized spacial score (nSPS) is 13.1. The van der Waals surface area contributed by atoms with Crippen LogP contribution in [0.15, 0.2) is 163 Å². The van der Waals surface area contributed by atoms with E-state index in [1.807, 2.05) is 66.2 Å². The van der Waals surface area contributed by atoms with Crippen LogP contribution in [0.3, 0.4) is 0 Å². The molecule has 0 amide bonds. The first kappa shape index (κ1) is 31.7. The molecule has 0 fully saturated rings. The molecule has 10 aromatic rings. The van der Waals surface area contributed by atoms with E-state index in [1.165, 1.54) is 48.9 Å². The van der Waals surface area contributed by atoms with E-state index in [1.54, 1.807) is 11.3 Å². The van der Waals surface area contributed by atoms with E-state index in [2.05, 4.69) is 120 Å². The van der Waals surface area contributed by atoms with E-state index in [9.17, 15) is 0 Å². The zero-order valence-corrected chi connectivity index (χ0v) is 31.0. The number of nitrogens with zero attached hydrogens (tertiary/aromatic N) is 5. The van der Waals surface area contributed by atoms with Gasteiger partial charge in [-0.05, 0) is 70.3 Å². The highest BCUT2D eigenvalue weighted by atomic mass is 32.1. The number of benzene rings is 7. The fourth-order valence-electron chi connectivity index (χ4n) is 8.49. The summed E-state index contributed by atoms with van der Waals surface area (Å²) in [4.78, 5) is 19.6. The standard InChI is InChI=1S/C49H33N5S/c1-49(2)39-22-20-32(28-38(39)44-40(49)23-24-41-45(44)55-29-50-41)33-21-25-43-37(27-33)36-18-9-10-19-42(36)54(43)35-17-11-16-34(26-35)48-52-46(30-12-5-3-6-13-30)51-47(53-48)31-14-7-4-8-15-31/h3-29H,1-2H3. The summed E-state index contributed by atoms with van der Waals surface area (Å²) in [6.45, 7) is 4.68. The summed E-state index contributed by atoms with van der Waals surface area (Å²) in [6, 6.07) is 55.8. The molecule has 0 N–H and O–H groups in total. The molecule has 0 saturated carbocycles. The van der Waals surface area contributed by atoms with Gasteiger partial charge in [0.05, 0.1) is 26.8 Å². The second kappa shape index (κ2) is 12.1. The molecular weight excluding hydrogens is 691 g/mol. The van der Waals surface area contributed by atoms with E-state index >= 15 is 0 Å². The molecule has 0 radical (unpaired) electrons. The van der Waals surface area contributed by atoms with Gasteiger partial charge in [0.1, 0.15) is 0 Å². The molecule has 0 unspecified atom stereocenters. The molecule has 6 heteroatoms. The monoisotopic (exact) mass is 723 g/mol. The van der Waals surface area contributed by atoms with Gasteiger partial charge in [0, 0.05) is 44.1 Å². The Morgan fingerprint density at radius 2 is 1.11 bits per heavy atom. The van der Waals surface area contributed by atoms with Crippen molar-refractivity contribution in [3.8, 4) is 62.1 Å². The average molecular weight is 724 g/mol. The molecule has 0 atom stereocenters. The Kier molecular flexibility index (Phi) is 7.00. The highest BCUT2D eigenvalue weighted by Crippen LogP contribution is 2.53. The molecule has 55 heavy (non-hydrogen) atoms. The number of rotatable bonds is 5. The minimum Gasteiger partial charge on any atom is -0.309 e. The largest absolute Gasteiger partial charge is 0.309 e. The molecular formula is C49H33N5S. The smallest absolute Gasteiger partial charge is 0.164 e. The quantitative estimate of drug-likeness (QED) is 0.177. The van der Waals surface area contributed by atoms with Crippen LogP contribution < -0.4 is 0 Å². The van der Waals surface area contributed by atoms with Gasteiger partial charge in [-0.15, -0.1) is 11.3 Å². The molecule has 7 aromatic carbocycles. The number of thiazole rings is 1. The maximum absolute atomic E-state index is 5.02. The lowest BCUT2D eigenvalue weighted by Crippen LogP contribution is -2.14. The van der Waals surface area contributed by atoms with Gasteiger partial charge < -0.3 is 4.57 Å². The van der Waals surface area contributed by atoms with Crippen LogP contribution in [0.25, 0.3) is 94.1 Å². The predicted molar refractivity (Wildman–Crippen MR) is 227 cm³/mol. The van der Waals surface area contributed by atoms with Crippen LogP contribution in [0, 0.1) is 0 Å². The number of para-hydroxylation sites is 1. The molecule has 0 saturated heterocycles. The molecule has 0 bridgehead atoms.